The second-order valence-corrected chi connectivity index (χ2v) is 5.12. The van der Waals surface area contributed by atoms with Crippen LogP contribution in [0.2, 0.25) is 0 Å². The number of rotatable bonds is 7. The third-order valence-electron chi connectivity index (χ3n) is 2.99. The minimum atomic E-state index is 0.0713. The smallest absolute Gasteiger partial charge is 0.112 e. The Hall–Kier alpha value is -0.410. The van der Waals surface area contributed by atoms with E-state index in [0.29, 0.717) is 0 Å². The maximum atomic E-state index is 4.41. The fourth-order valence-electron chi connectivity index (χ4n) is 1.74. The summed E-state index contributed by atoms with van der Waals surface area (Å²) in [6, 6.07) is 0. The van der Waals surface area contributed by atoms with Crippen molar-refractivity contribution in [2.45, 2.75) is 51.5 Å². The zero-order chi connectivity index (χ0) is 11.1. The number of aromatic nitrogens is 1. The molecule has 0 fully saturated rings. The highest BCUT2D eigenvalue weighted by Crippen LogP contribution is 2.28. The monoisotopic (exact) mass is 226 g/mol. The van der Waals surface area contributed by atoms with Crippen molar-refractivity contribution in [3.63, 3.8) is 0 Å². The Labute approximate surface area is 97.1 Å². The molecule has 1 N–H and O–H groups in total. The molecule has 1 heterocycles. The molecule has 2 nitrogen and oxygen atoms in total. The van der Waals surface area contributed by atoms with Gasteiger partial charge in [-0.05, 0) is 20.4 Å². The molecular formula is C12H22N2S. The number of thiazole rings is 1. The van der Waals surface area contributed by atoms with Gasteiger partial charge in [0.15, 0.2) is 0 Å². The quantitative estimate of drug-likeness (QED) is 0.719. The molecule has 1 aromatic heterocycles. The lowest BCUT2D eigenvalue weighted by atomic mass is 9.95. The van der Waals surface area contributed by atoms with Crippen LogP contribution in [0, 0.1) is 0 Å². The molecular weight excluding hydrogens is 204 g/mol. The average Bonchev–Trinajstić information content (AvgIpc) is 2.78. The Morgan fingerprint density at radius 2 is 2.20 bits per heavy atom. The molecule has 0 aromatic carbocycles. The van der Waals surface area contributed by atoms with Gasteiger partial charge in [0.2, 0.25) is 0 Å². The van der Waals surface area contributed by atoms with E-state index >= 15 is 0 Å². The molecule has 0 saturated carbocycles. The minimum absolute atomic E-state index is 0.0713. The highest BCUT2D eigenvalue weighted by Gasteiger charge is 2.26. The van der Waals surface area contributed by atoms with Crippen LogP contribution >= 0.6 is 11.3 Å². The fraction of sp³-hybridized carbons (Fsp3) is 0.750. The van der Waals surface area contributed by atoms with Gasteiger partial charge in [0, 0.05) is 11.6 Å². The van der Waals surface area contributed by atoms with Crippen LogP contribution in [0.4, 0.5) is 0 Å². The summed E-state index contributed by atoms with van der Waals surface area (Å²) in [4.78, 5) is 4.41. The van der Waals surface area contributed by atoms with E-state index in [1.54, 1.807) is 11.3 Å². The summed E-state index contributed by atoms with van der Waals surface area (Å²) in [6.07, 6.45) is 8.33. The van der Waals surface area contributed by atoms with Crippen molar-refractivity contribution in [1.29, 1.82) is 0 Å². The van der Waals surface area contributed by atoms with Crippen LogP contribution in [0.3, 0.4) is 0 Å². The molecule has 1 rings (SSSR count). The molecule has 0 radical (unpaired) electrons. The lowest BCUT2D eigenvalue weighted by Crippen LogP contribution is -2.36. The van der Waals surface area contributed by atoms with Crippen LogP contribution in [0.1, 0.15) is 51.0 Å². The van der Waals surface area contributed by atoms with Crippen molar-refractivity contribution in [2.75, 3.05) is 7.05 Å². The number of hydrogen-bond acceptors (Lipinski definition) is 3. The Balaban J connectivity index is 2.46. The zero-order valence-corrected chi connectivity index (χ0v) is 10.9. The lowest BCUT2D eigenvalue weighted by molar-refractivity contribution is 0.351. The van der Waals surface area contributed by atoms with E-state index < -0.39 is 0 Å². The second kappa shape index (κ2) is 6.23. The van der Waals surface area contributed by atoms with Gasteiger partial charge in [-0.1, -0.05) is 32.6 Å². The molecule has 0 aliphatic carbocycles. The standard InChI is InChI=1S/C12H22N2S/c1-4-5-6-7-8-12(2,13-3)11-14-9-10-15-11/h9-10,13H,4-8H2,1-3H3. The number of nitrogens with one attached hydrogen (secondary N) is 1. The van der Waals surface area contributed by atoms with Crippen molar-refractivity contribution in [3.8, 4) is 0 Å². The summed E-state index contributed by atoms with van der Waals surface area (Å²) in [7, 11) is 2.03. The van der Waals surface area contributed by atoms with Crippen molar-refractivity contribution in [2.24, 2.45) is 0 Å². The van der Waals surface area contributed by atoms with Crippen molar-refractivity contribution in [3.05, 3.63) is 16.6 Å². The molecule has 0 bridgehead atoms. The van der Waals surface area contributed by atoms with Crippen molar-refractivity contribution in [1.82, 2.24) is 10.3 Å². The molecule has 0 spiro atoms. The second-order valence-electron chi connectivity index (χ2n) is 4.23. The van der Waals surface area contributed by atoms with Gasteiger partial charge in [0.05, 0.1) is 5.54 Å². The fourth-order valence-corrected chi connectivity index (χ4v) is 2.58. The predicted molar refractivity (Wildman–Crippen MR) is 67.3 cm³/mol. The summed E-state index contributed by atoms with van der Waals surface area (Å²) in [5.41, 5.74) is 0.0713. The highest BCUT2D eigenvalue weighted by molar-refractivity contribution is 7.09. The third kappa shape index (κ3) is 3.58. The molecule has 0 aliphatic rings. The zero-order valence-electron chi connectivity index (χ0n) is 10.0. The van der Waals surface area contributed by atoms with Crippen LogP contribution in [0.5, 0.6) is 0 Å². The lowest BCUT2D eigenvalue weighted by Gasteiger charge is -2.26. The molecule has 0 aliphatic heterocycles. The van der Waals surface area contributed by atoms with Crippen molar-refractivity contribution >= 4 is 11.3 Å². The SMILES string of the molecule is CCCCCCC(C)(NC)c1nccs1. The molecule has 1 unspecified atom stereocenters. The van der Waals surface area contributed by atoms with Gasteiger partial charge >= 0.3 is 0 Å². The number of hydrogen-bond donors (Lipinski definition) is 1. The van der Waals surface area contributed by atoms with Gasteiger partial charge in [0.1, 0.15) is 5.01 Å². The summed E-state index contributed by atoms with van der Waals surface area (Å²) in [5, 5.41) is 6.67. The van der Waals surface area contributed by atoms with Gasteiger partial charge in [0.25, 0.3) is 0 Å². The van der Waals surface area contributed by atoms with Gasteiger partial charge in [-0.15, -0.1) is 11.3 Å². The van der Waals surface area contributed by atoms with Crippen LogP contribution in [0.25, 0.3) is 0 Å². The normalized spacial score (nSPS) is 15.1. The Morgan fingerprint density at radius 3 is 2.73 bits per heavy atom. The largest absolute Gasteiger partial charge is 0.309 e. The Kier molecular flexibility index (Phi) is 5.26. The Bertz CT molecular complexity index is 259. The van der Waals surface area contributed by atoms with Gasteiger partial charge in [-0.25, -0.2) is 4.98 Å². The van der Waals surface area contributed by atoms with Gasteiger partial charge in [-0.3, -0.25) is 0 Å². The first-order valence-corrected chi connectivity index (χ1v) is 6.70. The van der Waals surface area contributed by atoms with Gasteiger partial charge < -0.3 is 5.32 Å². The molecule has 3 heteroatoms. The third-order valence-corrected chi connectivity index (χ3v) is 4.02. The first-order chi connectivity index (χ1) is 7.23. The highest BCUT2D eigenvalue weighted by atomic mass is 32.1. The predicted octanol–water partition coefficient (Wildman–Crippen LogP) is 3.55. The first-order valence-electron chi connectivity index (χ1n) is 5.82. The van der Waals surface area contributed by atoms with E-state index in [0.717, 1.165) is 0 Å². The number of nitrogens with zero attached hydrogens (tertiary/aromatic N) is 1. The topological polar surface area (TPSA) is 24.9 Å². The summed E-state index contributed by atoms with van der Waals surface area (Å²) in [6.45, 7) is 4.50. The molecule has 0 saturated heterocycles. The first kappa shape index (κ1) is 12.7. The van der Waals surface area contributed by atoms with E-state index in [9.17, 15) is 0 Å². The van der Waals surface area contributed by atoms with Crippen molar-refractivity contribution < 1.29 is 0 Å². The maximum absolute atomic E-state index is 4.41. The number of unbranched alkanes of at least 4 members (excludes halogenated alkanes) is 3. The summed E-state index contributed by atoms with van der Waals surface area (Å²) >= 11 is 1.74. The molecule has 15 heavy (non-hydrogen) atoms. The van der Waals surface area contributed by atoms with Gasteiger partial charge in [-0.2, -0.15) is 0 Å². The summed E-state index contributed by atoms with van der Waals surface area (Å²) in [5.74, 6) is 0. The van der Waals surface area contributed by atoms with E-state index in [4.69, 9.17) is 0 Å². The average molecular weight is 226 g/mol. The molecule has 1 atom stereocenters. The van der Waals surface area contributed by atoms with Crippen LogP contribution in [-0.2, 0) is 5.54 Å². The molecule has 0 amide bonds. The molecule has 86 valence electrons. The van der Waals surface area contributed by atoms with E-state index in [1.165, 1.54) is 37.1 Å². The van der Waals surface area contributed by atoms with E-state index in [1.807, 2.05) is 13.2 Å². The van der Waals surface area contributed by atoms with Crippen LogP contribution in [-0.4, -0.2) is 12.0 Å². The van der Waals surface area contributed by atoms with Crippen LogP contribution in [0.15, 0.2) is 11.6 Å². The Morgan fingerprint density at radius 1 is 1.40 bits per heavy atom. The van der Waals surface area contributed by atoms with Crippen LogP contribution < -0.4 is 5.32 Å². The maximum Gasteiger partial charge on any atom is 0.112 e. The minimum Gasteiger partial charge on any atom is -0.309 e. The van der Waals surface area contributed by atoms with E-state index in [2.05, 4.69) is 29.5 Å². The van der Waals surface area contributed by atoms with E-state index in [-0.39, 0.29) is 5.54 Å². The summed E-state index contributed by atoms with van der Waals surface area (Å²) < 4.78 is 0. The molecule has 1 aromatic rings.